The van der Waals surface area contributed by atoms with Crippen LogP contribution in [0.15, 0.2) is 24.0 Å². The van der Waals surface area contributed by atoms with E-state index in [0.717, 1.165) is 25.7 Å². The maximum Gasteiger partial charge on any atom is 0.300 e. The van der Waals surface area contributed by atoms with E-state index in [1.165, 1.54) is 12.0 Å². The largest absolute Gasteiger partial charge is 0.512 e. The third-order valence-corrected chi connectivity index (χ3v) is 3.37. The molecule has 0 aliphatic heterocycles. The molecule has 0 bridgehead atoms. The molecular weight excluding hydrogens is 216 g/mol. The summed E-state index contributed by atoms with van der Waals surface area (Å²) in [6.07, 6.45) is 5.32. The average Bonchev–Trinajstić information content (AvgIpc) is 2.88. The number of fused-ring (bicyclic) bond motifs is 1. The van der Waals surface area contributed by atoms with Gasteiger partial charge in [-0.05, 0) is 36.2 Å². The molecular formula is C14H22O3. The molecule has 0 heterocycles. The molecule has 0 amide bonds. The van der Waals surface area contributed by atoms with E-state index < -0.39 is 5.97 Å². The van der Waals surface area contributed by atoms with Gasteiger partial charge in [0.2, 0.25) is 0 Å². The molecule has 0 aromatic rings. The normalized spacial score (nSPS) is 25.8. The molecule has 96 valence electrons. The van der Waals surface area contributed by atoms with Crippen molar-refractivity contribution in [3.8, 4) is 0 Å². The summed E-state index contributed by atoms with van der Waals surface area (Å²) in [5.41, 5.74) is 1.42. The summed E-state index contributed by atoms with van der Waals surface area (Å²) in [5, 5.41) is 17.2. The Morgan fingerprint density at radius 3 is 2.47 bits per heavy atom. The van der Waals surface area contributed by atoms with E-state index in [1.54, 1.807) is 0 Å². The lowest BCUT2D eigenvalue weighted by Crippen LogP contribution is -2.08. The number of carboxylic acid groups (broad SMARTS) is 1. The fourth-order valence-corrected chi connectivity index (χ4v) is 2.28. The van der Waals surface area contributed by atoms with Gasteiger partial charge in [-0.2, -0.15) is 0 Å². The molecule has 0 saturated heterocycles. The molecule has 2 aliphatic carbocycles. The lowest BCUT2D eigenvalue weighted by Gasteiger charge is -2.21. The number of aliphatic hydroxyl groups excluding tert-OH is 1. The van der Waals surface area contributed by atoms with Crippen LogP contribution in [0, 0.1) is 17.3 Å². The number of aliphatic hydroxyl groups is 1. The number of rotatable bonds is 3. The lowest BCUT2D eigenvalue weighted by molar-refractivity contribution is -0.134. The second-order valence-corrected chi connectivity index (χ2v) is 5.68. The van der Waals surface area contributed by atoms with Gasteiger partial charge in [0.1, 0.15) is 0 Å². The van der Waals surface area contributed by atoms with Crippen molar-refractivity contribution in [3.63, 3.8) is 0 Å². The minimum Gasteiger partial charge on any atom is -0.512 e. The molecule has 2 aliphatic rings. The Morgan fingerprint density at radius 1 is 1.59 bits per heavy atom. The fraction of sp³-hybridized carbons (Fsp3) is 0.643. The Balaban J connectivity index is 0.000000317. The SMILES string of the molecule is C=CC(C)(C)CC1=C(O)C2CC2C1.CC(=O)O. The Bertz CT molecular complexity index is 348. The Morgan fingerprint density at radius 2 is 2.12 bits per heavy atom. The lowest BCUT2D eigenvalue weighted by atomic mass is 9.85. The van der Waals surface area contributed by atoms with Crippen LogP contribution < -0.4 is 0 Å². The summed E-state index contributed by atoms with van der Waals surface area (Å²) >= 11 is 0. The van der Waals surface area contributed by atoms with E-state index in [9.17, 15) is 5.11 Å². The van der Waals surface area contributed by atoms with Gasteiger partial charge in [-0.1, -0.05) is 19.9 Å². The van der Waals surface area contributed by atoms with Crippen molar-refractivity contribution < 1.29 is 15.0 Å². The first-order valence-electron chi connectivity index (χ1n) is 6.01. The van der Waals surface area contributed by atoms with Crippen LogP contribution in [0.25, 0.3) is 0 Å². The zero-order valence-corrected chi connectivity index (χ0v) is 10.9. The van der Waals surface area contributed by atoms with Crippen LogP contribution in [0.1, 0.15) is 40.0 Å². The van der Waals surface area contributed by atoms with E-state index in [0.29, 0.717) is 11.7 Å². The zero-order chi connectivity index (χ0) is 13.2. The van der Waals surface area contributed by atoms with Crippen molar-refractivity contribution in [2.24, 2.45) is 17.3 Å². The smallest absolute Gasteiger partial charge is 0.300 e. The summed E-state index contributed by atoms with van der Waals surface area (Å²) in [4.78, 5) is 9.00. The predicted octanol–water partition coefficient (Wildman–Crippen LogP) is 3.53. The molecule has 2 rings (SSSR count). The van der Waals surface area contributed by atoms with E-state index in [1.807, 2.05) is 6.08 Å². The van der Waals surface area contributed by atoms with Crippen molar-refractivity contribution in [1.82, 2.24) is 0 Å². The van der Waals surface area contributed by atoms with Crippen LogP contribution in [-0.2, 0) is 4.79 Å². The Kier molecular flexibility index (Phi) is 4.02. The highest BCUT2D eigenvalue weighted by Crippen LogP contribution is 2.55. The molecule has 2 atom stereocenters. The molecule has 0 radical (unpaired) electrons. The molecule has 1 saturated carbocycles. The van der Waals surface area contributed by atoms with Gasteiger partial charge in [0.15, 0.2) is 0 Å². The average molecular weight is 238 g/mol. The van der Waals surface area contributed by atoms with Crippen LogP contribution in [0.4, 0.5) is 0 Å². The Labute approximate surface area is 103 Å². The van der Waals surface area contributed by atoms with E-state index in [2.05, 4.69) is 20.4 Å². The van der Waals surface area contributed by atoms with Crippen molar-refractivity contribution >= 4 is 5.97 Å². The van der Waals surface area contributed by atoms with Crippen molar-refractivity contribution in [1.29, 1.82) is 0 Å². The third kappa shape index (κ3) is 3.91. The first kappa shape index (κ1) is 13.8. The van der Waals surface area contributed by atoms with Crippen molar-refractivity contribution in [2.75, 3.05) is 0 Å². The second-order valence-electron chi connectivity index (χ2n) is 5.68. The van der Waals surface area contributed by atoms with Crippen molar-refractivity contribution in [2.45, 2.75) is 40.0 Å². The fourth-order valence-electron chi connectivity index (χ4n) is 2.28. The molecule has 0 aromatic carbocycles. The molecule has 0 aromatic heterocycles. The summed E-state index contributed by atoms with van der Waals surface area (Å²) in [6.45, 7) is 9.25. The van der Waals surface area contributed by atoms with E-state index in [-0.39, 0.29) is 5.41 Å². The first-order valence-corrected chi connectivity index (χ1v) is 6.01. The van der Waals surface area contributed by atoms with Gasteiger partial charge < -0.3 is 10.2 Å². The van der Waals surface area contributed by atoms with Gasteiger partial charge in [-0.15, -0.1) is 6.58 Å². The van der Waals surface area contributed by atoms with Gasteiger partial charge in [0.25, 0.3) is 5.97 Å². The minimum atomic E-state index is -0.833. The number of hydrogen-bond acceptors (Lipinski definition) is 2. The third-order valence-electron chi connectivity index (χ3n) is 3.37. The van der Waals surface area contributed by atoms with Crippen LogP contribution in [0.3, 0.4) is 0 Å². The maximum absolute atomic E-state index is 9.80. The predicted molar refractivity (Wildman–Crippen MR) is 67.8 cm³/mol. The maximum atomic E-state index is 9.80. The number of carboxylic acids is 1. The highest BCUT2D eigenvalue weighted by Gasteiger charge is 2.47. The van der Waals surface area contributed by atoms with Gasteiger partial charge in [0, 0.05) is 12.8 Å². The molecule has 3 nitrogen and oxygen atoms in total. The van der Waals surface area contributed by atoms with Crippen LogP contribution in [0.5, 0.6) is 0 Å². The summed E-state index contributed by atoms with van der Waals surface area (Å²) in [6, 6.07) is 0. The summed E-state index contributed by atoms with van der Waals surface area (Å²) in [7, 11) is 0. The molecule has 3 heteroatoms. The molecule has 17 heavy (non-hydrogen) atoms. The summed E-state index contributed by atoms with van der Waals surface area (Å²) < 4.78 is 0. The van der Waals surface area contributed by atoms with Gasteiger partial charge in [-0.25, -0.2) is 0 Å². The number of allylic oxidation sites excluding steroid dienone is 3. The van der Waals surface area contributed by atoms with E-state index in [4.69, 9.17) is 9.90 Å². The van der Waals surface area contributed by atoms with Crippen LogP contribution in [0.2, 0.25) is 0 Å². The standard InChI is InChI=1S/C12H18O.C2H4O2/c1-4-12(2,3)7-9-5-8-6-10(8)11(9)13;1-2(3)4/h4,8,10,13H,1,5-7H2,2-3H3;1H3,(H,3,4). The number of carbonyl (C=O) groups is 1. The zero-order valence-electron chi connectivity index (χ0n) is 10.9. The molecule has 1 fully saturated rings. The van der Waals surface area contributed by atoms with Gasteiger partial charge in [-0.3, -0.25) is 4.79 Å². The molecule has 0 spiro atoms. The van der Waals surface area contributed by atoms with Crippen LogP contribution >= 0.6 is 0 Å². The van der Waals surface area contributed by atoms with Gasteiger partial charge >= 0.3 is 0 Å². The monoisotopic (exact) mass is 238 g/mol. The molecule has 2 unspecified atom stereocenters. The highest BCUT2D eigenvalue weighted by molar-refractivity contribution is 5.62. The minimum absolute atomic E-state index is 0.139. The highest BCUT2D eigenvalue weighted by atomic mass is 16.4. The topological polar surface area (TPSA) is 57.5 Å². The van der Waals surface area contributed by atoms with Crippen LogP contribution in [-0.4, -0.2) is 16.2 Å². The Hall–Kier alpha value is -1.25. The second kappa shape index (κ2) is 4.94. The number of aliphatic carboxylic acids is 1. The van der Waals surface area contributed by atoms with Gasteiger partial charge in [0.05, 0.1) is 5.76 Å². The molecule has 2 N–H and O–H groups in total. The summed E-state index contributed by atoms with van der Waals surface area (Å²) in [5.74, 6) is 1.20. The van der Waals surface area contributed by atoms with Crippen molar-refractivity contribution in [3.05, 3.63) is 24.0 Å². The van der Waals surface area contributed by atoms with E-state index >= 15 is 0 Å². The quantitative estimate of drug-likeness (QED) is 0.739. The number of hydrogen-bond donors (Lipinski definition) is 2. The first-order chi connectivity index (χ1) is 7.76.